The van der Waals surface area contributed by atoms with Crippen LogP contribution in [-0.4, -0.2) is 5.78 Å². The summed E-state index contributed by atoms with van der Waals surface area (Å²) in [6.45, 7) is 0. The summed E-state index contributed by atoms with van der Waals surface area (Å²) in [5, 5.41) is 0.373. The van der Waals surface area contributed by atoms with E-state index in [1.807, 2.05) is 0 Å². The molecule has 1 saturated carbocycles. The third kappa shape index (κ3) is 3.55. The van der Waals surface area contributed by atoms with Crippen molar-refractivity contribution in [1.29, 1.82) is 0 Å². The van der Waals surface area contributed by atoms with Crippen LogP contribution in [0, 0.1) is 11.7 Å². The number of ketones is 1. The van der Waals surface area contributed by atoms with Crippen LogP contribution in [0.2, 0.25) is 5.02 Å². The van der Waals surface area contributed by atoms with Gasteiger partial charge in [0, 0.05) is 17.4 Å². The first-order chi connectivity index (χ1) is 8.66. The summed E-state index contributed by atoms with van der Waals surface area (Å²) in [5.41, 5.74) is 0.466. The van der Waals surface area contributed by atoms with Crippen LogP contribution in [0.1, 0.15) is 44.1 Å². The average molecular weight is 269 g/mol. The predicted molar refractivity (Wildman–Crippen MR) is 71.3 cm³/mol. The molecule has 98 valence electrons. The summed E-state index contributed by atoms with van der Waals surface area (Å²) >= 11 is 5.70. The molecular formula is C15H18ClFO. The third-order valence-electron chi connectivity index (χ3n) is 3.69. The van der Waals surface area contributed by atoms with Crippen molar-refractivity contribution in [3.8, 4) is 0 Å². The van der Waals surface area contributed by atoms with E-state index < -0.39 is 0 Å². The molecule has 0 aromatic heterocycles. The van der Waals surface area contributed by atoms with Gasteiger partial charge in [-0.05, 0) is 30.5 Å². The van der Waals surface area contributed by atoms with Crippen LogP contribution in [0.3, 0.4) is 0 Å². The van der Waals surface area contributed by atoms with E-state index in [4.69, 9.17) is 11.6 Å². The molecule has 1 fully saturated rings. The summed E-state index contributed by atoms with van der Waals surface area (Å²) in [7, 11) is 0. The van der Waals surface area contributed by atoms with Crippen LogP contribution in [0.5, 0.6) is 0 Å². The van der Waals surface area contributed by atoms with Crippen molar-refractivity contribution in [2.45, 2.75) is 44.9 Å². The number of rotatable bonds is 3. The molecule has 0 aliphatic heterocycles. The lowest BCUT2D eigenvalue weighted by Crippen LogP contribution is -2.16. The largest absolute Gasteiger partial charge is 0.299 e. The Hall–Kier alpha value is -0.890. The summed E-state index contributed by atoms with van der Waals surface area (Å²) in [5.74, 6) is -0.0647. The Kier molecular flexibility index (Phi) is 4.76. The first-order valence-corrected chi connectivity index (χ1v) is 7.01. The van der Waals surface area contributed by atoms with Gasteiger partial charge in [0.25, 0.3) is 0 Å². The molecule has 0 heterocycles. The van der Waals surface area contributed by atoms with Crippen LogP contribution in [0.4, 0.5) is 4.39 Å². The Morgan fingerprint density at radius 3 is 2.50 bits per heavy atom. The minimum atomic E-state index is -0.371. The molecule has 0 N–H and O–H groups in total. The number of hydrogen-bond donors (Lipinski definition) is 0. The number of carbonyl (C=O) groups is 1. The molecule has 18 heavy (non-hydrogen) atoms. The van der Waals surface area contributed by atoms with Gasteiger partial charge in [-0.1, -0.05) is 43.4 Å². The van der Waals surface area contributed by atoms with Gasteiger partial charge in [0.05, 0.1) is 0 Å². The molecule has 1 aromatic carbocycles. The molecule has 0 unspecified atom stereocenters. The average Bonchev–Trinajstić information content (AvgIpc) is 2.61. The Balaban J connectivity index is 2.01. The van der Waals surface area contributed by atoms with E-state index in [0.29, 0.717) is 10.6 Å². The maximum atomic E-state index is 13.6. The standard InChI is InChI=1S/C15H18ClFO/c16-13-8-7-12(14(17)10-13)9-15(18)11-5-3-1-2-4-6-11/h7-8,10-11H,1-6,9H2. The molecule has 1 aliphatic carbocycles. The van der Waals surface area contributed by atoms with Gasteiger partial charge in [-0.25, -0.2) is 4.39 Å². The lowest BCUT2D eigenvalue weighted by atomic mass is 9.91. The number of halogens is 2. The quantitative estimate of drug-likeness (QED) is 0.735. The molecule has 0 radical (unpaired) electrons. The molecule has 0 bridgehead atoms. The van der Waals surface area contributed by atoms with Crippen LogP contribution in [0.25, 0.3) is 0 Å². The SMILES string of the molecule is O=C(Cc1ccc(Cl)cc1F)C1CCCCCC1. The van der Waals surface area contributed by atoms with Crippen molar-refractivity contribution < 1.29 is 9.18 Å². The summed E-state index contributed by atoms with van der Waals surface area (Å²) in [4.78, 5) is 12.2. The van der Waals surface area contributed by atoms with Gasteiger partial charge < -0.3 is 0 Å². The Bertz CT molecular complexity index is 423. The molecule has 0 spiro atoms. The predicted octanol–water partition coefficient (Wildman–Crippen LogP) is 4.56. The van der Waals surface area contributed by atoms with Gasteiger partial charge in [-0.15, -0.1) is 0 Å². The molecule has 1 nitrogen and oxygen atoms in total. The lowest BCUT2D eigenvalue weighted by molar-refractivity contribution is -0.122. The molecule has 0 atom stereocenters. The number of Topliss-reactive ketones (excluding diaryl/α,β-unsaturated/α-hetero) is 1. The molecule has 0 amide bonds. The number of hydrogen-bond acceptors (Lipinski definition) is 1. The van der Waals surface area contributed by atoms with Gasteiger partial charge in [0.15, 0.2) is 0 Å². The highest BCUT2D eigenvalue weighted by atomic mass is 35.5. The molecular weight excluding hydrogens is 251 g/mol. The summed E-state index contributed by atoms with van der Waals surface area (Å²) in [6, 6.07) is 4.53. The van der Waals surface area contributed by atoms with Gasteiger partial charge in [-0.3, -0.25) is 4.79 Å². The van der Waals surface area contributed by atoms with E-state index in [9.17, 15) is 9.18 Å². The zero-order valence-corrected chi connectivity index (χ0v) is 11.2. The highest BCUT2D eigenvalue weighted by Crippen LogP contribution is 2.25. The van der Waals surface area contributed by atoms with Crippen LogP contribution in [-0.2, 0) is 11.2 Å². The fourth-order valence-corrected chi connectivity index (χ4v) is 2.76. The van der Waals surface area contributed by atoms with Crippen LogP contribution < -0.4 is 0 Å². The van der Waals surface area contributed by atoms with Gasteiger partial charge >= 0.3 is 0 Å². The van der Waals surface area contributed by atoms with E-state index in [0.717, 1.165) is 25.7 Å². The summed E-state index contributed by atoms with van der Waals surface area (Å²) in [6.07, 6.45) is 6.83. The van der Waals surface area contributed by atoms with E-state index in [1.54, 1.807) is 12.1 Å². The highest BCUT2D eigenvalue weighted by molar-refractivity contribution is 6.30. The van der Waals surface area contributed by atoms with Gasteiger partial charge in [0.1, 0.15) is 11.6 Å². The van der Waals surface area contributed by atoms with Gasteiger partial charge in [0.2, 0.25) is 0 Å². The first kappa shape index (κ1) is 13.5. The van der Waals surface area contributed by atoms with Crippen molar-refractivity contribution >= 4 is 17.4 Å². The minimum Gasteiger partial charge on any atom is -0.299 e. The second kappa shape index (κ2) is 6.33. The van der Waals surface area contributed by atoms with E-state index >= 15 is 0 Å². The zero-order chi connectivity index (χ0) is 13.0. The van der Waals surface area contributed by atoms with E-state index in [2.05, 4.69) is 0 Å². The highest BCUT2D eigenvalue weighted by Gasteiger charge is 2.21. The molecule has 2 rings (SSSR count). The van der Waals surface area contributed by atoms with E-state index in [-0.39, 0.29) is 23.9 Å². The first-order valence-electron chi connectivity index (χ1n) is 6.63. The van der Waals surface area contributed by atoms with Crippen molar-refractivity contribution in [1.82, 2.24) is 0 Å². The normalized spacial score (nSPS) is 17.4. The molecule has 0 saturated heterocycles. The Labute approximate surface area is 112 Å². The molecule has 1 aliphatic rings. The van der Waals surface area contributed by atoms with Crippen LogP contribution >= 0.6 is 11.6 Å². The third-order valence-corrected chi connectivity index (χ3v) is 3.93. The zero-order valence-electron chi connectivity index (χ0n) is 10.4. The number of carbonyl (C=O) groups excluding carboxylic acids is 1. The van der Waals surface area contributed by atoms with Crippen molar-refractivity contribution in [3.05, 3.63) is 34.6 Å². The molecule has 1 aromatic rings. The molecule has 3 heteroatoms. The Morgan fingerprint density at radius 1 is 1.22 bits per heavy atom. The van der Waals surface area contributed by atoms with Crippen molar-refractivity contribution in [2.24, 2.45) is 5.92 Å². The lowest BCUT2D eigenvalue weighted by Gasteiger charge is -2.13. The fourth-order valence-electron chi connectivity index (χ4n) is 2.60. The topological polar surface area (TPSA) is 17.1 Å². The van der Waals surface area contributed by atoms with Crippen molar-refractivity contribution in [2.75, 3.05) is 0 Å². The Morgan fingerprint density at radius 2 is 1.89 bits per heavy atom. The number of benzene rings is 1. The van der Waals surface area contributed by atoms with Crippen molar-refractivity contribution in [3.63, 3.8) is 0 Å². The maximum absolute atomic E-state index is 13.6. The second-order valence-electron chi connectivity index (χ2n) is 5.07. The second-order valence-corrected chi connectivity index (χ2v) is 5.50. The summed E-state index contributed by atoms with van der Waals surface area (Å²) < 4.78 is 13.6. The fraction of sp³-hybridized carbons (Fsp3) is 0.533. The maximum Gasteiger partial charge on any atom is 0.140 e. The minimum absolute atomic E-state index is 0.127. The van der Waals surface area contributed by atoms with E-state index in [1.165, 1.54) is 18.9 Å². The van der Waals surface area contributed by atoms with Gasteiger partial charge in [-0.2, -0.15) is 0 Å². The van der Waals surface area contributed by atoms with Crippen LogP contribution in [0.15, 0.2) is 18.2 Å². The smallest absolute Gasteiger partial charge is 0.140 e. The monoisotopic (exact) mass is 268 g/mol.